The molecule has 0 unspecified atom stereocenters. The maximum absolute atomic E-state index is 5.43. The summed E-state index contributed by atoms with van der Waals surface area (Å²) in [4.78, 5) is 5.86. The molecule has 0 bridgehead atoms. The monoisotopic (exact) mass is 258 g/mol. The number of aryl methyl sites for hydroxylation is 1. The lowest BCUT2D eigenvalue weighted by molar-refractivity contribution is 0.329. The number of likely N-dealkylation sites (N-methyl/N-ethyl adjacent to an activating group) is 1. The Hall–Kier alpha value is -1.48. The molecule has 0 radical (unpaired) electrons. The van der Waals surface area contributed by atoms with Crippen LogP contribution >= 0.6 is 0 Å². The molecule has 1 aliphatic rings. The molecule has 3 rings (SSSR count). The molecule has 1 aromatic carbocycles. The zero-order chi connectivity index (χ0) is 13.4. The highest BCUT2D eigenvalue weighted by atomic mass is 16.5. The number of nitrogens with one attached hydrogen (secondary N) is 1. The normalized spacial score (nSPS) is 15.4. The second-order valence-corrected chi connectivity index (χ2v) is 5.59. The number of hydrogen-bond acceptors (Lipinski definition) is 2. The van der Waals surface area contributed by atoms with E-state index in [1.807, 2.05) is 6.07 Å². The quantitative estimate of drug-likeness (QED) is 0.892. The molecule has 1 aliphatic carbocycles. The Kier molecular flexibility index (Phi) is 3.23. The summed E-state index contributed by atoms with van der Waals surface area (Å²) in [7, 11) is 3.97. The van der Waals surface area contributed by atoms with Gasteiger partial charge in [0.05, 0.1) is 7.11 Å². The van der Waals surface area contributed by atoms with Crippen LogP contribution in [-0.4, -0.2) is 36.6 Å². The first kappa shape index (κ1) is 12.5. The van der Waals surface area contributed by atoms with Crippen LogP contribution in [0.3, 0.4) is 0 Å². The van der Waals surface area contributed by atoms with Gasteiger partial charge in [0.2, 0.25) is 0 Å². The minimum absolute atomic E-state index is 0.834. The zero-order valence-corrected chi connectivity index (χ0v) is 12.0. The SMILES string of the molecule is COc1ccc2[nH]cc(CCN(C)C3CC3)c2c1C. The predicted octanol–water partition coefficient (Wildman–Crippen LogP) is 3.12. The minimum Gasteiger partial charge on any atom is -0.496 e. The fourth-order valence-electron chi connectivity index (χ4n) is 2.88. The van der Waals surface area contributed by atoms with E-state index >= 15 is 0 Å². The average Bonchev–Trinajstić information content (AvgIpc) is 3.18. The summed E-state index contributed by atoms with van der Waals surface area (Å²) in [5.74, 6) is 0.976. The number of benzene rings is 1. The highest BCUT2D eigenvalue weighted by molar-refractivity contribution is 5.88. The van der Waals surface area contributed by atoms with E-state index in [0.29, 0.717) is 0 Å². The molecule has 0 aliphatic heterocycles. The van der Waals surface area contributed by atoms with Crippen LogP contribution in [0.4, 0.5) is 0 Å². The molecule has 1 heterocycles. The number of H-pyrrole nitrogens is 1. The van der Waals surface area contributed by atoms with Gasteiger partial charge in [-0.1, -0.05) is 0 Å². The fourth-order valence-corrected chi connectivity index (χ4v) is 2.88. The Morgan fingerprint density at radius 2 is 2.16 bits per heavy atom. The van der Waals surface area contributed by atoms with Crippen LogP contribution in [0.1, 0.15) is 24.0 Å². The molecule has 3 heteroatoms. The summed E-state index contributed by atoms with van der Waals surface area (Å²) < 4.78 is 5.43. The Morgan fingerprint density at radius 1 is 1.37 bits per heavy atom. The van der Waals surface area contributed by atoms with Gasteiger partial charge in [0.15, 0.2) is 0 Å². The van der Waals surface area contributed by atoms with Gasteiger partial charge in [-0.05, 0) is 50.9 Å². The molecule has 1 N–H and O–H groups in total. The number of methoxy groups -OCH3 is 1. The fraction of sp³-hybridized carbons (Fsp3) is 0.500. The molecule has 1 aromatic heterocycles. The van der Waals surface area contributed by atoms with Crippen LogP contribution in [-0.2, 0) is 6.42 Å². The van der Waals surface area contributed by atoms with E-state index in [9.17, 15) is 0 Å². The summed E-state index contributed by atoms with van der Waals surface area (Å²) in [5.41, 5.74) is 3.85. The van der Waals surface area contributed by atoms with Gasteiger partial charge in [-0.3, -0.25) is 0 Å². The molecule has 1 fully saturated rings. The van der Waals surface area contributed by atoms with E-state index in [0.717, 1.165) is 24.8 Å². The zero-order valence-electron chi connectivity index (χ0n) is 12.0. The van der Waals surface area contributed by atoms with Crippen LogP contribution < -0.4 is 4.74 Å². The van der Waals surface area contributed by atoms with E-state index in [2.05, 4.69) is 36.1 Å². The molecule has 0 amide bonds. The minimum atomic E-state index is 0.834. The highest BCUT2D eigenvalue weighted by Gasteiger charge is 2.25. The first-order chi connectivity index (χ1) is 9.20. The van der Waals surface area contributed by atoms with Crippen molar-refractivity contribution in [1.82, 2.24) is 9.88 Å². The third-order valence-electron chi connectivity index (χ3n) is 4.26. The van der Waals surface area contributed by atoms with E-state index in [1.54, 1.807) is 7.11 Å². The van der Waals surface area contributed by atoms with E-state index < -0.39 is 0 Å². The van der Waals surface area contributed by atoms with Crippen molar-refractivity contribution in [3.05, 3.63) is 29.5 Å². The molecular weight excluding hydrogens is 236 g/mol. The van der Waals surface area contributed by atoms with Crippen molar-refractivity contribution in [2.24, 2.45) is 0 Å². The van der Waals surface area contributed by atoms with Crippen molar-refractivity contribution < 1.29 is 4.74 Å². The van der Waals surface area contributed by atoms with Gasteiger partial charge in [0, 0.05) is 35.2 Å². The van der Waals surface area contributed by atoms with Crippen LogP contribution in [0.5, 0.6) is 5.75 Å². The molecule has 2 aromatic rings. The first-order valence-electron chi connectivity index (χ1n) is 7.04. The van der Waals surface area contributed by atoms with Gasteiger partial charge in [-0.15, -0.1) is 0 Å². The first-order valence-corrected chi connectivity index (χ1v) is 7.04. The molecule has 0 spiro atoms. The second-order valence-electron chi connectivity index (χ2n) is 5.59. The lowest BCUT2D eigenvalue weighted by Crippen LogP contribution is -2.23. The average molecular weight is 258 g/mol. The molecule has 19 heavy (non-hydrogen) atoms. The van der Waals surface area contributed by atoms with Crippen LogP contribution in [0.25, 0.3) is 10.9 Å². The van der Waals surface area contributed by atoms with E-state index in [1.165, 1.54) is 34.9 Å². The smallest absolute Gasteiger partial charge is 0.122 e. The molecular formula is C16H22N2O. The van der Waals surface area contributed by atoms with Crippen molar-refractivity contribution in [2.45, 2.75) is 32.2 Å². The number of aromatic nitrogens is 1. The maximum atomic E-state index is 5.43. The summed E-state index contributed by atoms with van der Waals surface area (Å²) in [6.45, 7) is 3.28. The van der Waals surface area contributed by atoms with Gasteiger partial charge in [-0.25, -0.2) is 0 Å². The summed E-state index contributed by atoms with van der Waals surface area (Å²) in [6.07, 6.45) is 5.99. The number of nitrogens with zero attached hydrogens (tertiary/aromatic N) is 1. The second kappa shape index (κ2) is 4.89. The third-order valence-corrected chi connectivity index (χ3v) is 4.26. The number of ether oxygens (including phenoxy) is 1. The summed E-state index contributed by atoms with van der Waals surface area (Å²) in [6, 6.07) is 4.98. The third kappa shape index (κ3) is 2.35. The van der Waals surface area contributed by atoms with E-state index in [4.69, 9.17) is 4.74 Å². The van der Waals surface area contributed by atoms with Crippen molar-refractivity contribution in [1.29, 1.82) is 0 Å². The van der Waals surface area contributed by atoms with Crippen LogP contribution in [0.15, 0.2) is 18.3 Å². The summed E-state index contributed by atoms with van der Waals surface area (Å²) in [5, 5.41) is 1.34. The van der Waals surface area contributed by atoms with E-state index in [-0.39, 0.29) is 0 Å². The van der Waals surface area contributed by atoms with Crippen molar-refractivity contribution >= 4 is 10.9 Å². The van der Waals surface area contributed by atoms with Crippen molar-refractivity contribution in [3.63, 3.8) is 0 Å². The summed E-state index contributed by atoms with van der Waals surface area (Å²) >= 11 is 0. The van der Waals surface area contributed by atoms with Crippen molar-refractivity contribution in [2.75, 3.05) is 20.7 Å². The Morgan fingerprint density at radius 3 is 2.84 bits per heavy atom. The lowest BCUT2D eigenvalue weighted by Gasteiger charge is -2.15. The Labute approximate surface area is 114 Å². The predicted molar refractivity (Wildman–Crippen MR) is 78.9 cm³/mol. The number of fused-ring (bicyclic) bond motifs is 1. The van der Waals surface area contributed by atoms with Crippen LogP contribution in [0, 0.1) is 6.92 Å². The number of rotatable bonds is 5. The Bertz CT molecular complexity index is 584. The Balaban J connectivity index is 1.86. The molecule has 0 saturated heterocycles. The topological polar surface area (TPSA) is 28.3 Å². The molecule has 102 valence electrons. The number of hydrogen-bond donors (Lipinski definition) is 1. The highest BCUT2D eigenvalue weighted by Crippen LogP contribution is 2.30. The number of aromatic amines is 1. The maximum Gasteiger partial charge on any atom is 0.122 e. The van der Waals surface area contributed by atoms with Gasteiger partial charge in [0.25, 0.3) is 0 Å². The standard InChI is InChI=1S/C16H22N2O/c1-11-15(19-3)7-6-14-16(11)12(10-17-14)8-9-18(2)13-4-5-13/h6-7,10,13,17H,4-5,8-9H2,1-3H3. The lowest BCUT2D eigenvalue weighted by atomic mass is 10.0. The largest absolute Gasteiger partial charge is 0.496 e. The van der Waals surface area contributed by atoms with Crippen LogP contribution in [0.2, 0.25) is 0 Å². The van der Waals surface area contributed by atoms with Gasteiger partial charge < -0.3 is 14.6 Å². The van der Waals surface area contributed by atoms with Gasteiger partial charge in [-0.2, -0.15) is 0 Å². The molecule has 1 saturated carbocycles. The van der Waals surface area contributed by atoms with Gasteiger partial charge in [0.1, 0.15) is 5.75 Å². The van der Waals surface area contributed by atoms with Gasteiger partial charge >= 0.3 is 0 Å². The molecule has 0 atom stereocenters. The molecule has 3 nitrogen and oxygen atoms in total. The van der Waals surface area contributed by atoms with Crippen molar-refractivity contribution in [3.8, 4) is 5.75 Å².